The highest BCUT2D eigenvalue weighted by Gasteiger charge is 2.25. The van der Waals surface area contributed by atoms with E-state index in [2.05, 4.69) is 31.6 Å². The summed E-state index contributed by atoms with van der Waals surface area (Å²) in [5, 5.41) is 6.85. The average molecular weight is 438 g/mol. The topological polar surface area (TPSA) is 74.9 Å². The highest BCUT2D eigenvalue weighted by molar-refractivity contribution is 5.80. The monoisotopic (exact) mass is 437 g/mol. The Bertz CT molecular complexity index is 1050. The summed E-state index contributed by atoms with van der Waals surface area (Å²) in [6, 6.07) is 14.5. The quantitative estimate of drug-likeness (QED) is 0.436. The lowest BCUT2D eigenvalue weighted by atomic mass is 10.2. The maximum Gasteiger partial charge on any atom is 0.226 e. The van der Waals surface area contributed by atoms with Gasteiger partial charge in [0.05, 0.1) is 18.5 Å². The molecule has 0 saturated carbocycles. The van der Waals surface area contributed by atoms with Gasteiger partial charge in [-0.05, 0) is 42.8 Å². The number of methoxy groups -OCH3 is 1. The standard InChI is InChI=1S/C24H28FN5O2/c1-26-24(29-19-12-14-30(15-19)21-5-3-4-6-22(21)31-2)27-13-11-20-16-32-23(28-20)17-7-9-18(25)10-8-17/h3-10,16,19H,11-15H2,1-2H3,(H2,26,27,29). The van der Waals surface area contributed by atoms with Gasteiger partial charge < -0.3 is 24.7 Å². The first-order valence-corrected chi connectivity index (χ1v) is 10.7. The van der Waals surface area contributed by atoms with Crippen molar-refractivity contribution in [2.75, 3.05) is 38.7 Å². The van der Waals surface area contributed by atoms with Crippen LogP contribution in [0.2, 0.25) is 0 Å². The number of guanidine groups is 1. The van der Waals surface area contributed by atoms with Crippen molar-refractivity contribution >= 4 is 11.6 Å². The third-order valence-electron chi connectivity index (χ3n) is 5.50. The lowest BCUT2D eigenvalue weighted by molar-refractivity contribution is 0.415. The second-order valence-corrected chi connectivity index (χ2v) is 7.65. The first-order chi connectivity index (χ1) is 15.7. The number of aromatic nitrogens is 1. The second kappa shape index (κ2) is 10.2. The number of hydrogen-bond acceptors (Lipinski definition) is 5. The smallest absolute Gasteiger partial charge is 0.226 e. The first kappa shape index (κ1) is 21.7. The van der Waals surface area contributed by atoms with E-state index in [9.17, 15) is 4.39 Å². The molecule has 1 atom stereocenters. The summed E-state index contributed by atoms with van der Waals surface area (Å²) < 4.78 is 24.1. The molecular formula is C24H28FN5O2. The molecule has 0 spiro atoms. The molecule has 32 heavy (non-hydrogen) atoms. The molecule has 4 rings (SSSR count). The Morgan fingerprint density at radius 2 is 2.06 bits per heavy atom. The molecule has 0 amide bonds. The van der Waals surface area contributed by atoms with Gasteiger partial charge in [0.25, 0.3) is 0 Å². The number of hydrogen-bond donors (Lipinski definition) is 2. The largest absolute Gasteiger partial charge is 0.495 e. The number of nitrogens with one attached hydrogen (secondary N) is 2. The van der Waals surface area contributed by atoms with Crippen LogP contribution in [0.3, 0.4) is 0 Å². The van der Waals surface area contributed by atoms with E-state index >= 15 is 0 Å². The molecule has 3 aromatic rings. The molecule has 7 nitrogen and oxygen atoms in total. The van der Waals surface area contributed by atoms with E-state index in [1.807, 2.05) is 18.2 Å². The number of rotatable bonds is 7. The minimum atomic E-state index is -0.281. The maximum absolute atomic E-state index is 13.1. The third-order valence-corrected chi connectivity index (χ3v) is 5.50. The number of aliphatic imine (C=N–C) groups is 1. The molecule has 2 heterocycles. The van der Waals surface area contributed by atoms with Gasteiger partial charge in [-0.25, -0.2) is 9.37 Å². The Morgan fingerprint density at radius 1 is 1.25 bits per heavy atom. The van der Waals surface area contributed by atoms with E-state index < -0.39 is 0 Å². The van der Waals surface area contributed by atoms with Gasteiger partial charge in [-0.15, -0.1) is 0 Å². The molecular weight excluding hydrogens is 409 g/mol. The molecule has 1 aliphatic rings. The number of anilines is 1. The van der Waals surface area contributed by atoms with Crippen LogP contribution in [-0.2, 0) is 6.42 Å². The molecule has 2 N–H and O–H groups in total. The van der Waals surface area contributed by atoms with Gasteiger partial charge in [-0.3, -0.25) is 4.99 Å². The Kier molecular flexibility index (Phi) is 6.89. The van der Waals surface area contributed by atoms with Crippen LogP contribution in [0.15, 0.2) is 64.2 Å². The second-order valence-electron chi connectivity index (χ2n) is 7.65. The summed E-state index contributed by atoms with van der Waals surface area (Å²) in [7, 11) is 3.47. The molecule has 1 unspecified atom stereocenters. The number of para-hydroxylation sites is 2. The first-order valence-electron chi connectivity index (χ1n) is 10.7. The van der Waals surface area contributed by atoms with Crippen molar-refractivity contribution in [3.8, 4) is 17.2 Å². The van der Waals surface area contributed by atoms with Crippen molar-refractivity contribution in [3.05, 3.63) is 66.3 Å². The molecule has 1 aliphatic heterocycles. The van der Waals surface area contributed by atoms with Crippen molar-refractivity contribution in [2.45, 2.75) is 18.9 Å². The zero-order valence-electron chi connectivity index (χ0n) is 18.3. The Morgan fingerprint density at radius 3 is 2.84 bits per heavy atom. The fourth-order valence-electron chi connectivity index (χ4n) is 3.83. The summed E-state index contributed by atoms with van der Waals surface area (Å²) in [6.07, 6.45) is 3.34. The van der Waals surface area contributed by atoms with E-state index in [1.165, 1.54) is 12.1 Å². The van der Waals surface area contributed by atoms with Crippen LogP contribution < -0.4 is 20.3 Å². The molecule has 0 aliphatic carbocycles. The molecule has 8 heteroatoms. The van der Waals surface area contributed by atoms with Crippen LogP contribution >= 0.6 is 0 Å². The average Bonchev–Trinajstić information content (AvgIpc) is 3.49. The number of halogens is 1. The number of nitrogens with zero attached hydrogens (tertiary/aromatic N) is 3. The van der Waals surface area contributed by atoms with Gasteiger partial charge in [-0.1, -0.05) is 12.1 Å². The summed E-state index contributed by atoms with van der Waals surface area (Å²) >= 11 is 0. The number of ether oxygens (including phenoxy) is 1. The van der Waals surface area contributed by atoms with Gasteiger partial charge >= 0.3 is 0 Å². The fraction of sp³-hybridized carbons (Fsp3) is 0.333. The van der Waals surface area contributed by atoms with Crippen molar-refractivity contribution in [2.24, 2.45) is 4.99 Å². The molecule has 168 valence electrons. The molecule has 2 aromatic carbocycles. The van der Waals surface area contributed by atoms with Crippen molar-refractivity contribution < 1.29 is 13.5 Å². The SMILES string of the molecule is CN=C(NCCc1coc(-c2ccc(F)cc2)n1)NC1CCN(c2ccccc2OC)C1. The van der Waals surface area contributed by atoms with Crippen LogP contribution in [0.25, 0.3) is 11.5 Å². The zero-order chi connectivity index (χ0) is 22.3. The Labute approximate surface area is 187 Å². The molecule has 0 radical (unpaired) electrons. The minimum absolute atomic E-state index is 0.281. The van der Waals surface area contributed by atoms with E-state index in [1.54, 1.807) is 32.6 Å². The number of oxazole rings is 1. The molecule has 1 saturated heterocycles. The van der Waals surface area contributed by atoms with Crippen LogP contribution in [0, 0.1) is 5.82 Å². The summed E-state index contributed by atoms with van der Waals surface area (Å²) in [6.45, 7) is 2.50. The highest BCUT2D eigenvalue weighted by Crippen LogP contribution is 2.30. The van der Waals surface area contributed by atoms with Crippen LogP contribution in [0.4, 0.5) is 10.1 Å². The maximum atomic E-state index is 13.1. The van der Waals surface area contributed by atoms with Crippen LogP contribution in [-0.4, -0.2) is 50.8 Å². The van der Waals surface area contributed by atoms with Crippen molar-refractivity contribution in [1.29, 1.82) is 0 Å². The van der Waals surface area contributed by atoms with Crippen LogP contribution in [0.5, 0.6) is 5.75 Å². The normalized spacial score (nSPS) is 16.3. The highest BCUT2D eigenvalue weighted by atomic mass is 19.1. The lowest BCUT2D eigenvalue weighted by Crippen LogP contribution is -2.45. The van der Waals surface area contributed by atoms with E-state index in [0.29, 0.717) is 24.9 Å². The predicted molar refractivity (Wildman–Crippen MR) is 124 cm³/mol. The molecule has 1 aromatic heterocycles. The van der Waals surface area contributed by atoms with Gasteiger partial charge in [0, 0.05) is 44.7 Å². The van der Waals surface area contributed by atoms with Crippen molar-refractivity contribution in [1.82, 2.24) is 15.6 Å². The summed E-state index contributed by atoms with van der Waals surface area (Å²) in [4.78, 5) is 11.2. The van der Waals surface area contributed by atoms with Gasteiger partial charge in [-0.2, -0.15) is 0 Å². The zero-order valence-corrected chi connectivity index (χ0v) is 18.3. The molecule has 1 fully saturated rings. The Hall–Kier alpha value is -3.55. The van der Waals surface area contributed by atoms with Crippen LogP contribution in [0.1, 0.15) is 12.1 Å². The van der Waals surface area contributed by atoms with E-state index in [-0.39, 0.29) is 5.82 Å². The van der Waals surface area contributed by atoms with Gasteiger partial charge in [0.1, 0.15) is 17.8 Å². The summed E-state index contributed by atoms with van der Waals surface area (Å²) in [5.41, 5.74) is 2.70. The fourth-order valence-corrected chi connectivity index (χ4v) is 3.83. The van der Waals surface area contributed by atoms with Gasteiger partial charge in [0.2, 0.25) is 5.89 Å². The predicted octanol–water partition coefficient (Wildman–Crippen LogP) is 3.48. The third kappa shape index (κ3) is 5.19. The van der Waals surface area contributed by atoms with Crippen molar-refractivity contribution in [3.63, 3.8) is 0 Å². The van der Waals surface area contributed by atoms with E-state index in [0.717, 1.165) is 48.2 Å². The van der Waals surface area contributed by atoms with Gasteiger partial charge in [0.15, 0.2) is 5.96 Å². The minimum Gasteiger partial charge on any atom is -0.495 e. The molecule has 0 bridgehead atoms. The number of benzene rings is 2. The Balaban J connectivity index is 1.26. The van der Waals surface area contributed by atoms with E-state index in [4.69, 9.17) is 9.15 Å². The lowest BCUT2D eigenvalue weighted by Gasteiger charge is -2.22. The summed E-state index contributed by atoms with van der Waals surface area (Å²) in [5.74, 6) is 1.87.